The highest BCUT2D eigenvalue weighted by molar-refractivity contribution is 4.97. The molecule has 2 rings (SSSR count). The molecule has 0 saturated carbocycles. The Bertz CT molecular complexity index is 134. The van der Waals surface area contributed by atoms with Crippen LogP contribution < -0.4 is 5.32 Å². The lowest BCUT2D eigenvalue weighted by atomic mass is 9.96. The molecule has 0 bridgehead atoms. The van der Waals surface area contributed by atoms with Gasteiger partial charge in [0.2, 0.25) is 0 Å². The van der Waals surface area contributed by atoms with Crippen LogP contribution in [0.25, 0.3) is 0 Å². The molecule has 10 heavy (non-hydrogen) atoms. The molecule has 3 heteroatoms. The SMILES string of the molecule is CC1C(O)CN1C1CNC1. The van der Waals surface area contributed by atoms with Crippen LogP contribution in [0.5, 0.6) is 0 Å². The highest BCUT2D eigenvalue weighted by atomic mass is 16.3. The van der Waals surface area contributed by atoms with Crippen molar-refractivity contribution in [2.45, 2.75) is 25.1 Å². The van der Waals surface area contributed by atoms with Crippen LogP contribution in [0.2, 0.25) is 0 Å². The predicted octanol–water partition coefficient (Wildman–Crippen LogP) is -0.977. The van der Waals surface area contributed by atoms with Crippen molar-refractivity contribution >= 4 is 0 Å². The van der Waals surface area contributed by atoms with E-state index < -0.39 is 0 Å². The van der Waals surface area contributed by atoms with Crippen LogP contribution in [0.15, 0.2) is 0 Å². The fourth-order valence-electron chi connectivity index (χ4n) is 1.61. The monoisotopic (exact) mass is 142 g/mol. The average Bonchev–Trinajstić information content (AvgIpc) is 1.83. The maximum Gasteiger partial charge on any atom is 0.0819 e. The number of nitrogens with one attached hydrogen (secondary N) is 1. The minimum Gasteiger partial charge on any atom is -0.390 e. The molecule has 2 aliphatic heterocycles. The summed E-state index contributed by atoms with van der Waals surface area (Å²) in [6.45, 7) is 5.19. The molecule has 58 valence electrons. The van der Waals surface area contributed by atoms with Crippen molar-refractivity contribution in [1.29, 1.82) is 0 Å². The Balaban J connectivity index is 1.84. The van der Waals surface area contributed by atoms with E-state index in [1.54, 1.807) is 0 Å². The zero-order valence-electron chi connectivity index (χ0n) is 6.25. The normalized spacial score (nSPS) is 42.6. The minimum absolute atomic E-state index is 0.0689. The van der Waals surface area contributed by atoms with E-state index >= 15 is 0 Å². The van der Waals surface area contributed by atoms with Gasteiger partial charge in [-0.2, -0.15) is 0 Å². The maximum atomic E-state index is 9.19. The number of β-amino-alcohol motifs (C(OH)–C–C–N with tert-alkyl or cyclic N) is 1. The van der Waals surface area contributed by atoms with Gasteiger partial charge in [-0.3, -0.25) is 4.90 Å². The first-order valence-corrected chi connectivity index (χ1v) is 3.93. The highest BCUT2D eigenvalue weighted by Crippen LogP contribution is 2.22. The molecule has 2 heterocycles. The molecule has 2 unspecified atom stereocenters. The molecule has 2 aliphatic rings. The molecule has 0 spiro atoms. The molecule has 2 saturated heterocycles. The van der Waals surface area contributed by atoms with Crippen molar-refractivity contribution in [3.05, 3.63) is 0 Å². The van der Waals surface area contributed by atoms with Gasteiger partial charge in [0.15, 0.2) is 0 Å². The molecule has 0 amide bonds. The number of aliphatic hydroxyl groups excluding tert-OH is 1. The van der Waals surface area contributed by atoms with Crippen LogP contribution >= 0.6 is 0 Å². The third-order valence-corrected chi connectivity index (χ3v) is 2.71. The minimum atomic E-state index is -0.0689. The molecule has 2 N–H and O–H groups in total. The summed E-state index contributed by atoms with van der Waals surface area (Å²) < 4.78 is 0. The van der Waals surface area contributed by atoms with Crippen molar-refractivity contribution in [2.24, 2.45) is 0 Å². The first-order chi connectivity index (χ1) is 4.79. The smallest absolute Gasteiger partial charge is 0.0819 e. The zero-order chi connectivity index (χ0) is 7.14. The van der Waals surface area contributed by atoms with Crippen molar-refractivity contribution in [3.63, 3.8) is 0 Å². The molecule has 3 nitrogen and oxygen atoms in total. The Morgan fingerprint density at radius 2 is 2.20 bits per heavy atom. The third kappa shape index (κ3) is 0.779. The van der Waals surface area contributed by atoms with Gasteiger partial charge < -0.3 is 10.4 Å². The lowest BCUT2D eigenvalue weighted by molar-refractivity contribution is -0.0866. The lowest BCUT2D eigenvalue weighted by Crippen LogP contribution is -2.69. The molecular weight excluding hydrogens is 128 g/mol. The summed E-state index contributed by atoms with van der Waals surface area (Å²) in [5.74, 6) is 0. The summed E-state index contributed by atoms with van der Waals surface area (Å²) in [5.41, 5.74) is 0. The number of rotatable bonds is 1. The van der Waals surface area contributed by atoms with Crippen LogP contribution in [0.1, 0.15) is 6.92 Å². The van der Waals surface area contributed by atoms with E-state index in [2.05, 4.69) is 17.1 Å². The van der Waals surface area contributed by atoms with E-state index in [0.29, 0.717) is 12.1 Å². The number of hydrogen-bond donors (Lipinski definition) is 2. The average molecular weight is 142 g/mol. The number of nitrogens with zero attached hydrogens (tertiary/aromatic N) is 1. The first-order valence-electron chi connectivity index (χ1n) is 3.93. The van der Waals surface area contributed by atoms with E-state index in [1.165, 1.54) is 0 Å². The summed E-state index contributed by atoms with van der Waals surface area (Å²) in [6, 6.07) is 1.10. The van der Waals surface area contributed by atoms with Gasteiger partial charge >= 0.3 is 0 Å². The lowest BCUT2D eigenvalue weighted by Gasteiger charge is -2.51. The molecule has 0 radical (unpaired) electrons. The van der Waals surface area contributed by atoms with Crippen molar-refractivity contribution in [2.75, 3.05) is 19.6 Å². The Kier molecular flexibility index (Phi) is 1.44. The zero-order valence-corrected chi connectivity index (χ0v) is 6.25. The van der Waals surface area contributed by atoms with Crippen molar-refractivity contribution in [1.82, 2.24) is 10.2 Å². The quantitative estimate of drug-likeness (QED) is 0.494. The topological polar surface area (TPSA) is 35.5 Å². The van der Waals surface area contributed by atoms with Crippen molar-refractivity contribution < 1.29 is 5.11 Å². The number of likely N-dealkylation sites (tertiary alicyclic amines) is 1. The van der Waals surface area contributed by atoms with Crippen LogP contribution in [0.4, 0.5) is 0 Å². The van der Waals surface area contributed by atoms with E-state index in [-0.39, 0.29) is 6.10 Å². The van der Waals surface area contributed by atoms with Gasteiger partial charge in [0.25, 0.3) is 0 Å². The molecule has 0 aromatic carbocycles. The second-order valence-electron chi connectivity index (χ2n) is 3.32. The summed E-state index contributed by atoms with van der Waals surface area (Å²) in [5, 5.41) is 12.4. The van der Waals surface area contributed by atoms with Gasteiger partial charge in [-0.25, -0.2) is 0 Å². The first kappa shape index (κ1) is 6.58. The summed E-state index contributed by atoms with van der Waals surface area (Å²) in [6.07, 6.45) is -0.0689. The molecule has 0 aromatic rings. The fraction of sp³-hybridized carbons (Fsp3) is 1.00. The number of aliphatic hydroxyl groups is 1. The maximum absolute atomic E-state index is 9.19. The Hall–Kier alpha value is -0.120. The van der Waals surface area contributed by atoms with Gasteiger partial charge in [-0.05, 0) is 6.92 Å². The molecule has 2 atom stereocenters. The molecule has 0 aromatic heterocycles. The van der Waals surface area contributed by atoms with Crippen molar-refractivity contribution in [3.8, 4) is 0 Å². The largest absolute Gasteiger partial charge is 0.390 e. The van der Waals surface area contributed by atoms with E-state index in [0.717, 1.165) is 19.6 Å². The second kappa shape index (κ2) is 2.19. The Morgan fingerprint density at radius 1 is 1.50 bits per heavy atom. The van der Waals surface area contributed by atoms with E-state index in [4.69, 9.17) is 0 Å². The number of hydrogen-bond acceptors (Lipinski definition) is 3. The summed E-state index contributed by atoms with van der Waals surface area (Å²) >= 11 is 0. The van der Waals surface area contributed by atoms with E-state index in [1.807, 2.05) is 0 Å². The highest BCUT2D eigenvalue weighted by Gasteiger charge is 2.40. The summed E-state index contributed by atoms with van der Waals surface area (Å²) in [7, 11) is 0. The van der Waals surface area contributed by atoms with Gasteiger partial charge in [0.05, 0.1) is 6.10 Å². The van der Waals surface area contributed by atoms with Gasteiger partial charge in [-0.1, -0.05) is 0 Å². The standard InChI is InChI=1S/C7H14N2O/c1-5-7(10)4-9(5)6-2-8-3-6/h5-8,10H,2-4H2,1H3. The van der Waals surface area contributed by atoms with Gasteiger partial charge in [-0.15, -0.1) is 0 Å². The van der Waals surface area contributed by atoms with Crippen LogP contribution in [-0.4, -0.2) is 47.8 Å². The fourth-order valence-corrected chi connectivity index (χ4v) is 1.61. The predicted molar refractivity (Wildman–Crippen MR) is 38.8 cm³/mol. The molecular formula is C7H14N2O. The molecule has 0 aliphatic carbocycles. The summed E-state index contributed by atoms with van der Waals surface area (Å²) in [4.78, 5) is 2.36. The van der Waals surface area contributed by atoms with E-state index in [9.17, 15) is 5.11 Å². The van der Waals surface area contributed by atoms with Gasteiger partial charge in [0, 0.05) is 31.7 Å². The Morgan fingerprint density at radius 3 is 2.50 bits per heavy atom. The van der Waals surface area contributed by atoms with Crippen LogP contribution in [0.3, 0.4) is 0 Å². The van der Waals surface area contributed by atoms with Crippen LogP contribution in [-0.2, 0) is 0 Å². The van der Waals surface area contributed by atoms with Crippen LogP contribution in [0, 0.1) is 0 Å². The Labute approximate surface area is 61.0 Å². The third-order valence-electron chi connectivity index (χ3n) is 2.71. The van der Waals surface area contributed by atoms with Gasteiger partial charge in [0.1, 0.15) is 0 Å². The molecule has 2 fully saturated rings. The second-order valence-corrected chi connectivity index (χ2v) is 3.32.